The monoisotopic (exact) mass is 353 g/mol. The Morgan fingerprint density at radius 3 is 2.36 bits per heavy atom. The third-order valence-electron chi connectivity index (χ3n) is 3.90. The molecule has 0 bridgehead atoms. The lowest BCUT2D eigenvalue weighted by molar-refractivity contribution is 0.778. The molecule has 0 saturated carbocycles. The van der Waals surface area contributed by atoms with Crippen molar-refractivity contribution in [3.8, 4) is 5.69 Å². The van der Waals surface area contributed by atoms with Gasteiger partial charge in [0, 0.05) is 5.69 Å². The molecule has 0 amide bonds. The van der Waals surface area contributed by atoms with Gasteiger partial charge in [-0.25, -0.2) is 4.68 Å². The summed E-state index contributed by atoms with van der Waals surface area (Å²) < 4.78 is 1.60. The third-order valence-corrected chi connectivity index (χ3v) is 5.06. The first-order valence-electron chi connectivity index (χ1n) is 8.65. The van der Waals surface area contributed by atoms with Crippen LogP contribution in [0.3, 0.4) is 0 Å². The number of rotatable bonds is 8. The molecule has 2 N–H and O–H groups in total. The van der Waals surface area contributed by atoms with E-state index < -0.39 is 0 Å². The van der Waals surface area contributed by atoms with Gasteiger partial charge in [-0.05, 0) is 36.4 Å². The Bertz CT molecular complexity index is 840. The van der Waals surface area contributed by atoms with Gasteiger partial charge in [0.25, 0.3) is 5.56 Å². The molecule has 0 aliphatic heterocycles. The van der Waals surface area contributed by atoms with E-state index in [1.54, 1.807) is 16.4 Å². The molecule has 0 aliphatic rings. The molecule has 0 fully saturated rings. The molecule has 0 aliphatic carbocycles. The maximum absolute atomic E-state index is 12.9. The predicted octanol–water partition coefficient (Wildman–Crippen LogP) is 5.19. The first-order chi connectivity index (χ1) is 12.3. The number of thioether (sulfide) groups is 1. The van der Waals surface area contributed by atoms with Crippen LogP contribution in [0.1, 0.15) is 26.2 Å². The van der Waals surface area contributed by atoms with Crippen molar-refractivity contribution in [1.82, 2.24) is 9.78 Å². The summed E-state index contributed by atoms with van der Waals surface area (Å²) in [5.74, 6) is 1.70. The van der Waals surface area contributed by atoms with Gasteiger partial charge in [0.15, 0.2) is 0 Å². The summed E-state index contributed by atoms with van der Waals surface area (Å²) >= 11 is 1.62. The van der Waals surface area contributed by atoms with Gasteiger partial charge in [-0.15, -0.1) is 11.8 Å². The Morgan fingerprint density at radius 2 is 1.68 bits per heavy atom. The molecule has 130 valence electrons. The van der Waals surface area contributed by atoms with Crippen LogP contribution in [-0.4, -0.2) is 15.5 Å². The largest absolute Gasteiger partial charge is 0.340 e. The van der Waals surface area contributed by atoms with Crippen molar-refractivity contribution in [3.05, 3.63) is 71.0 Å². The van der Waals surface area contributed by atoms with E-state index in [1.165, 1.54) is 12.8 Å². The van der Waals surface area contributed by atoms with Gasteiger partial charge in [0.2, 0.25) is 0 Å². The van der Waals surface area contributed by atoms with E-state index in [0.717, 1.165) is 34.3 Å². The normalized spacial score (nSPS) is 10.8. The number of anilines is 2. The molecule has 25 heavy (non-hydrogen) atoms. The van der Waals surface area contributed by atoms with E-state index in [0.29, 0.717) is 0 Å². The highest BCUT2D eigenvalue weighted by Gasteiger charge is 2.16. The molecule has 0 radical (unpaired) electrons. The van der Waals surface area contributed by atoms with Crippen LogP contribution in [0.4, 0.5) is 11.5 Å². The second kappa shape index (κ2) is 8.62. The zero-order valence-corrected chi connectivity index (χ0v) is 15.2. The summed E-state index contributed by atoms with van der Waals surface area (Å²) in [5, 5.41) is 6.58. The number of aromatic amines is 1. The molecule has 1 aromatic heterocycles. The summed E-state index contributed by atoms with van der Waals surface area (Å²) in [6, 6.07) is 19.6. The molecule has 1 heterocycles. The number of benzene rings is 2. The van der Waals surface area contributed by atoms with Crippen LogP contribution >= 0.6 is 11.8 Å². The Morgan fingerprint density at radius 1 is 1.00 bits per heavy atom. The van der Waals surface area contributed by atoms with Crippen molar-refractivity contribution in [2.45, 2.75) is 31.1 Å². The number of hydrogen-bond donors (Lipinski definition) is 2. The molecule has 0 spiro atoms. The van der Waals surface area contributed by atoms with Crippen molar-refractivity contribution in [2.24, 2.45) is 0 Å². The lowest BCUT2D eigenvalue weighted by Crippen LogP contribution is -2.15. The highest BCUT2D eigenvalue weighted by Crippen LogP contribution is 2.27. The molecule has 3 aromatic rings. The SMILES string of the molecule is CCCCCSc1c(Nc2ccccc2)[nH]n(-c2ccccc2)c1=O. The van der Waals surface area contributed by atoms with Crippen LogP contribution in [0.2, 0.25) is 0 Å². The molecule has 4 nitrogen and oxygen atoms in total. The fourth-order valence-corrected chi connectivity index (χ4v) is 3.60. The van der Waals surface area contributed by atoms with Crippen LogP contribution in [0.5, 0.6) is 0 Å². The van der Waals surface area contributed by atoms with Crippen LogP contribution in [0.15, 0.2) is 70.4 Å². The molecule has 0 unspecified atom stereocenters. The van der Waals surface area contributed by atoms with Crippen molar-refractivity contribution >= 4 is 23.3 Å². The maximum Gasteiger partial charge on any atom is 0.287 e. The highest BCUT2D eigenvalue weighted by molar-refractivity contribution is 7.99. The average Bonchev–Trinajstić information content (AvgIpc) is 2.96. The third kappa shape index (κ3) is 4.37. The first kappa shape index (κ1) is 17.4. The molecule has 0 atom stereocenters. The van der Waals surface area contributed by atoms with Crippen LogP contribution in [0.25, 0.3) is 5.69 Å². The van der Waals surface area contributed by atoms with E-state index >= 15 is 0 Å². The van der Waals surface area contributed by atoms with Crippen LogP contribution < -0.4 is 10.9 Å². The van der Waals surface area contributed by atoms with Crippen molar-refractivity contribution in [1.29, 1.82) is 0 Å². The van der Waals surface area contributed by atoms with E-state index in [-0.39, 0.29) is 5.56 Å². The Balaban J connectivity index is 1.92. The maximum atomic E-state index is 12.9. The standard InChI is InChI=1S/C20H23N3OS/c1-2-3-10-15-25-18-19(21-16-11-6-4-7-12-16)22-23(20(18)24)17-13-8-5-9-14-17/h4-9,11-14,21-22H,2-3,10,15H2,1H3. The molecule has 0 saturated heterocycles. The van der Waals surface area contributed by atoms with Gasteiger partial charge in [0.1, 0.15) is 10.7 Å². The summed E-state index contributed by atoms with van der Waals surface area (Å²) in [6.07, 6.45) is 3.48. The van der Waals surface area contributed by atoms with Crippen molar-refractivity contribution in [2.75, 3.05) is 11.1 Å². The minimum Gasteiger partial charge on any atom is -0.340 e. The average molecular weight is 353 g/mol. The molecular weight excluding hydrogens is 330 g/mol. The second-order valence-electron chi connectivity index (χ2n) is 5.84. The number of hydrogen-bond acceptors (Lipinski definition) is 3. The smallest absolute Gasteiger partial charge is 0.287 e. The van der Waals surface area contributed by atoms with E-state index in [9.17, 15) is 4.79 Å². The summed E-state index contributed by atoms with van der Waals surface area (Å²) in [4.78, 5) is 13.7. The zero-order chi connectivity index (χ0) is 17.5. The van der Waals surface area contributed by atoms with Gasteiger partial charge in [-0.1, -0.05) is 56.2 Å². The van der Waals surface area contributed by atoms with Gasteiger partial charge >= 0.3 is 0 Å². The Kier molecular flexibility index (Phi) is 6.01. The fourth-order valence-electron chi connectivity index (χ4n) is 2.59. The van der Waals surface area contributed by atoms with Gasteiger partial charge in [-0.2, -0.15) is 0 Å². The van der Waals surface area contributed by atoms with Crippen molar-refractivity contribution in [3.63, 3.8) is 0 Å². The summed E-state index contributed by atoms with van der Waals surface area (Å²) in [5.41, 5.74) is 1.79. The summed E-state index contributed by atoms with van der Waals surface area (Å²) in [6.45, 7) is 2.19. The van der Waals surface area contributed by atoms with Gasteiger partial charge in [0.05, 0.1) is 5.69 Å². The van der Waals surface area contributed by atoms with E-state index in [2.05, 4.69) is 17.3 Å². The zero-order valence-electron chi connectivity index (χ0n) is 14.4. The number of nitrogens with zero attached hydrogens (tertiary/aromatic N) is 1. The summed E-state index contributed by atoms with van der Waals surface area (Å²) in [7, 11) is 0. The van der Waals surface area contributed by atoms with Crippen molar-refractivity contribution < 1.29 is 0 Å². The number of H-pyrrole nitrogens is 1. The van der Waals surface area contributed by atoms with Crippen LogP contribution in [-0.2, 0) is 0 Å². The predicted molar refractivity (Wildman–Crippen MR) is 106 cm³/mol. The quantitative estimate of drug-likeness (QED) is 0.433. The molecular formula is C20H23N3OS. The Hall–Kier alpha value is -2.40. The van der Waals surface area contributed by atoms with Gasteiger partial charge < -0.3 is 5.32 Å². The minimum atomic E-state index is -0.00821. The number of aromatic nitrogens is 2. The molecule has 5 heteroatoms. The number of para-hydroxylation sites is 2. The lowest BCUT2D eigenvalue weighted by Gasteiger charge is -2.06. The number of unbranched alkanes of at least 4 members (excludes halogenated alkanes) is 2. The van der Waals surface area contributed by atoms with Crippen LogP contribution in [0, 0.1) is 0 Å². The first-order valence-corrected chi connectivity index (χ1v) is 9.63. The van der Waals surface area contributed by atoms with Gasteiger partial charge in [-0.3, -0.25) is 9.89 Å². The molecule has 2 aromatic carbocycles. The molecule has 3 rings (SSSR count). The lowest BCUT2D eigenvalue weighted by atomic mass is 10.3. The minimum absolute atomic E-state index is 0.00821. The highest BCUT2D eigenvalue weighted by atomic mass is 32.2. The fraction of sp³-hybridized carbons (Fsp3) is 0.250. The van der Waals surface area contributed by atoms with E-state index in [4.69, 9.17) is 0 Å². The second-order valence-corrected chi connectivity index (χ2v) is 6.94. The number of nitrogens with one attached hydrogen (secondary N) is 2. The topological polar surface area (TPSA) is 49.8 Å². The Labute approximate surface area is 152 Å². The van der Waals surface area contributed by atoms with E-state index in [1.807, 2.05) is 60.7 Å².